The Labute approximate surface area is 129 Å². The molecule has 0 unspecified atom stereocenters. The van der Waals surface area contributed by atoms with Crippen LogP contribution in [-0.2, 0) is 23.1 Å². The molecule has 1 heterocycles. The molecular weight excluding hydrogens is 310 g/mol. The molecule has 2 aromatic rings. The Kier molecular flexibility index (Phi) is 4.95. The van der Waals surface area contributed by atoms with Crippen molar-refractivity contribution in [3.63, 3.8) is 0 Å². The van der Waals surface area contributed by atoms with Gasteiger partial charge in [-0.15, -0.1) is 0 Å². The molecule has 0 saturated carbocycles. The monoisotopic (exact) mass is 325 g/mol. The van der Waals surface area contributed by atoms with E-state index in [1.165, 1.54) is 6.07 Å². The zero-order valence-corrected chi connectivity index (χ0v) is 13.1. The SMILES string of the molecule is Cc1cccc(CNS(=O)(=O)c2ccc(CN)cc2Cl)n1. The van der Waals surface area contributed by atoms with E-state index in [1.54, 1.807) is 18.2 Å². The Balaban J connectivity index is 2.19. The molecule has 7 heteroatoms. The van der Waals surface area contributed by atoms with E-state index in [0.717, 1.165) is 11.3 Å². The van der Waals surface area contributed by atoms with Crippen molar-refractivity contribution in [1.82, 2.24) is 9.71 Å². The molecule has 1 aromatic carbocycles. The molecule has 0 bridgehead atoms. The number of aryl methyl sites for hydroxylation is 1. The first-order valence-corrected chi connectivity index (χ1v) is 8.19. The summed E-state index contributed by atoms with van der Waals surface area (Å²) in [6, 6.07) is 10.1. The van der Waals surface area contributed by atoms with Gasteiger partial charge in [0.25, 0.3) is 0 Å². The molecule has 3 N–H and O–H groups in total. The van der Waals surface area contributed by atoms with E-state index in [2.05, 4.69) is 9.71 Å². The first kappa shape index (κ1) is 15.9. The predicted octanol–water partition coefficient (Wildman–Crippen LogP) is 1.98. The molecule has 0 radical (unpaired) electrons. The largest absolute Gasteiger partial charge is 0.326 e. The Morgan fingerprint density at radius 3 is 2.67 bits per heavy atom. The second-order valence-corrected chi connectivity index (χ2v) is 6.71. The van der Waals surface area contributed by atoms with Crippen molar-refractivity contribution in [2.75, 3.05) is 0 Å². The zero-order valence-electron chi connectivity index (χ0n) is 11.5. The Bertz CT molecular complexity index is 748. The fourth-order valence-electron chi connectivity index (χ4n) is 1.83. The fourth-order valence-corrected chi connectivity index (χ4v) is 3.40. The zero-order chi connectivity index (χ0) is 15.5. The molecule has 0 saturated heterocycles. The first-order valence-electron chi connectivity index (χ1n) is 6.33. The standard InChI is InChI=1S/C14H16ClN3O2S/c1-10-3-2-4-12(18-10)9-17-21(19,20)14-6-5-11(8-16)7-13(14)15/h2-7,17H,8-9,16H2,1H3. The molecule has 0 aliphatic rings. The van der Waals surface area contributed by atoms with Crippen LogP contribution in [0.3, 0.4) is 0 Å². The van der Waals surface area contributed by atoms with E-state index in [-0.39, 0.29) is 16.5 Å². The molecule has 0 atom stereocenters. The van der Waals surface area contributed by atoms with Crippen molar-refractivity contribution in [3.05, 3.63) is 58.4 Å². The summed E-state index contributed by atoms with van der Waals surface area (Å²) in [5, 5.41) is 0.155. The molecule has 0 spiro atoms. The number of hydrogen-bond donors (Lipinski definition) is 2. The Morgan fingerprint density at radius 2 is 2.05 bits per heavy atom. The minimum absolute atomic E-state index is 0.0361. The van der Waals surface area contributed by atoms with Gasteiger partial charge in [0, 0.05) is 12.2 Å². The summed E-state index contributed by atoms with van der Waals surface area (Å²) in [5.74, 6) is 0. The summed E-state index contributed by atoms with van der Waals surface area (Å²) in [6.07, 6.45) is 0. The summed E-state index contributed by atoms with van der Waals surface area (Å²) in [5.41, 5.74) is 7.75. The maximum Gasteiger partial charge on any atom is 0.242 e. The van der Waals surface area contributed by atoms with Crippen LogP contribution in [0.15, 0.2) is 41.3 Å². The molecule has 0 fully saturated rings. The van der Waals surface area contributed by atoms with E-state index in [9.17, 15) is 8.42 Å². The average Bonchev–Trinajstić information content (AvgIpc) is 2.45. The molecule has 0 aliphatic carbocycles. The minimum Gasteiger partial charge on any atom is -0.326 e. The van der Waals surface area contributed by atoms with Gasteiger partial charge >= 0.3 is 0 Å². The lowest BCUT2D eigenvalue weighted by Gasteiger charge is -2.09. The third-order valence-corrected chi connectivity index (χ3v) is 4.79. The van der Waals surface area contributed by atoms with E-state index in [0.29, 0.717) is 12.2 Å². The number of sulfonamides is 1. The van der Waals surface area contributed by atoms with Crippen molar-refractivity contribution >= 4 is 21.6 Å². The number of benzene rings is 1. The smallest absolute Gasteiger partial charge is 0.242 e. The predicted molar refractivity (Wildman–Crippen MR) is 82.3 cm³/mol. The van der Waals surface area contributed by atoms with E-state index >= 15 is 0 Å². The van der Waals surface area contributed by atoms with E-state index in [1.807, 2.05) is 19.1 Å². The van der Waals surface area contributed by atoms with Crippen LogP contribution >= 0.6 is 11.6 Å². The molecule has 5 nitrogen and oxygen atoms in total. The highest BCUT2D eigenvalue weighted by Crippen LogP contribution is 2.22. The molecule has 112 valence electrons. The second kappa shape index (κ2) is 6.53. The fraction of sp³-hybridized carbons (Fsp3) is 0.214. The van der Waals surface area contributed by atoms with Crippen LogP contribution in [0.2, 0.25) is 5.02 Å². The van der Waals surface area contributed by atoms with Crippen LogP contribution in [0.25, 0.3) is 0 Å². The third kappa shape index (κ3) is 4.01. The summed E-state index contributed by atoms with van der Waals surface area (Å²) in [4.78, 5) is 4.28. The lowest BCUT2D eigenvalue weighted by atomic mass is 10.2. The van der Waals surface area contributed by atoms with Gasteiger partial charge < -0.3 is 5.73 Å². The summed E-state index contributed by atoms with van der Waals surface area (Å²) in [7, 11) is -3.69. The van der Waals surface area contributed by atoms with Crippen LogP contribution in [0.1, 0.15) is 17.0 Å². The van der Waals surface area contributed by atoms with Crippen LogP contribution in [0, 0.1) is 6.92 Å². The highest BCUT2D eigenvalue weighted by molar-refractivity contribution is 7.89. The van der Waals surface area contributed by atoms with Gasteiger partial charge in [0.05, 0.1) is 17.3 Å². The summed E-state index contributed by atoms with van der Waals surface area (Å²) < 4.78 is 27.0. The molecular formula is C14H16ClN3O2S. The molecule has 0 aliphatic heterocycles. The van der Waals surface area contributed by atoms with Gasteiger partial charge in [0.15, 0.2) is 0 Å². The second-order valence-electron chi connectivity index (χ2n) is 4.56. The lowest BCUT2D eigenvalue weighted by molar-refractivity contribution is 0.580. The van der Waals surface area contributed by atoms with Crippen LogP contribution in [0.5, 0.6) is 0 Å². The first-order chi connectivity index (χ1) is 9.92. The maximum absolute atomic E-state index is 12.3. The topological polar surface area (TPSA) is 85.1 Å². The molecule has 2 rings (SSSR count). The van der Waals surface area contributed by atoms with Crippen molar-refractivity contribution < 1.29 is 8.42 Å². The van der Waals surface area contributed by atoms with Gasteiger partial charge in [0.1, 0.15) is 4.90 Å². The van der Waals surface area contributed by atoms with Crippen molar-refractivity contribution in [3.8, 4) is 0 Å². The van der Waals surface area contributed by atoms with Gasteiger partial charge in [-0.1, -0.05) is 23.7 Å². The van der Waals surface area contributed by atoms with Crippen LogP contribution in [0.4, 0.5) is 0 Å². The van der Waals surface area contributed by atoms with Crippen LogP contribution in [-0.4, -0.2) is 13.4 Å². The van der Waals surface area contributed by atoms with Gasteiger partial charge in [-0.05, 0) is 36.8 Å². The van der Waals surface area contributed by atoms with Gasteiger partial charge in [-0.25, -0.2) is 13.1 Å². The van der Waals surface area contributed by atoms with Gasteiger partial charge in [0.2, 0.25) is 10.0 Å². The number of aromatic nitrogens is 1. The molecule has 21 heavy (non-hydrogen) atoms. The van der Waals surface area contributed by atoms with E-state index < -0.39 is 10.0 Å². The Hall–Kier alpha value is -1.47. The maximum atomic E-state index is 12.3. The van der Waals surface area contributed by atoms with Crippen molar-refractivity contribution in [2.45, 2.75) is 24.9 Å². The van der Waals surface area contributed by atoms with Crippen molar-refractivity contribution in [1.29, 1.82) is 0 Å². The summed E-state index contributed by atoms with van der Waals surface area (Å²) >= 11 is 6.01. The molecule has 0 amide bonds. The van der Waals surface area contributed by atoms with Gasteiger partial charge in [-0.2, -0.15) is 0 Å². The Morgan fingerprint density at radius 1 is 1.29 bits per heavy atom. The van der Waals surface area contributed by atoms with E-state index in [4.69, 9.17) is 17.3 Å². The number of rotatable bonds is 5. The molecule has 1 aromatic heterocycles. The number of pyridine rings is 1. The number of nitrogens with one attached hydrogen (secondary N) is 1. The van der Waals surface area contributed by atoms with Crippen molar-refractivity contribution in [2.24, 2.45) is 5.73 Å². The number of hydrogen-bond acceptors (Lipinski definition) is 4. The normalized spacial score (nSPS) is 11.6. The number of nitrogens with two attached hydrogens (primary N) is 1. The number of halogens is 1. The highest BCUT2D eigenvalue weighted by atomic mass is 35.5. The van der Waals surface area contributed by atoms with Crippen LogP contribution < -0.4 is 10.5 Å². The third-order valence-electron chi connectivity index (χ3n) is 2.91. The quantitative estimate of drug-likeness (QED) is 0.880. The highest BCUT2D eigenvalue weighted by Gasteiger charge is 2.18. The number of nitrogens with zero attached hydrogens (tertiary/aromatic N) is 1. The van der Waals surface area contributed by atoms with Gasteiger partial charge in [-0.3, -0.25) is 4.98 Å². The average molecular weight is 326 g/mol. The lowest BCUT2D eigenvalue weighted by Crippen LogP contribution is -2.24. The summed E-state index contributed by atoms with van der Waals surface area (Å²) in [6.45, 7) is 2.26. The minimum atomic E-state index is -3.69.